The molecule has 0 saturated carbocycles. The van der Waals surface area contributed by atoms with Crippen LogP contribution in [-0.4, -0.2) is 25.2 Å². The van der Waals surface area contributed by atoms with Gasteiger partial charge in [0.1, 0.15) is 28.9 Å². The van der Waals surface area contributed by atoms with Crippen LogP contribution in [0.15, 0.2) is 30.3 Å². The average molecular weight is 316 g/mol. The first-order chi connectivity index (χ1) is 9.44. The molecule has 2 aromatic rings. The summed E-state index contributed by atoms with van der Waals surface area (Å²) in [6.07, 6.45) is 0. The van der Waals surface area contributed by atoms with Crippen molar-refractivity contribution in [2.75, 3.05) is 17.1 Å². The predicted octanol–water partition coefficient (Wildman–Crippen LogP) is 2.41. The molecule has 20 heavy (non-hydrogen) atoms. The van der Waals surface area contributed by atoms with E-state index in [1.54, 1.807) is 13.0 Å². The van der Waals surface area contributed by atoms with Crippen molar-refractivity contribution < 1.29 is 17.5 Å². The summed E-state index contributed by atoms with van der Waals surface area (Å²) in [6, 6.07) is 7.05. The summed E-state index contributed by atoms with van der Waals surface area (Å²) < 4.78 is 47.9. The normalized spacial score (nSPS) is 11.3. The van der Waals surface area contributed by atoms with Gasteiger partial charge in [-0.1, -0.05) is 0 Å². The lowest BCUT2D eigenvalue weighted by molar-refractivity contribution is 0.340. The summed E-state index contributed by atoms with van der Waals surface area (Å²) in [5.74, 6) is -0.135. The topological polar surface area (TPSA) is 68.3 Å². The van der Waals surface area contributed by atoms with Gasteiger partial charge in [0, 0.05) is 0 Å². The number of ether oxygens (including phenoxy) is 1. The minimum atomic E-state index is -3.48. The van der Waals surface area contributed by atoms with Crippen LogP contribution in [0.3, 0.4) is 0 Å². The maximum Gasteiger partial charge on any atom is 0.236 e. The third kappa shape index (κ3) is 4.46. The van der Waals surface area contributed by atoms with Crippen molar-refractivity contribution in [3.63, 3.8) is 0 Å². The summed E-state index contributed by atoms with van der Waals surface area (Å²) in [7, 11) is -3.48. The molecule has 1 heterocycles. The number of hydrogen-bond donors (Lipinski definition) is 1. The molecule has 0 aliphatic carbocycles. The average Bonchev–Trinajstić information content (AvgIpc) is 2.76. The number of nitrogens with one attached hydrogen (secondary N) is 1. The second-order valence-electron chi connectivity index (χ2n) is 4.06. The molecule has 1 aromatic heterocycles. The van der Waals surface area contributed by atoms with Gasteiger partial charge < -0.3 is 4.74 Å². The Hall–Kier alpha value is -1.67. The van der Waals surface area contributed by atoms with Gasteiger partial charge in [-0.15, -0.1) is 0 Å². The van der Waals surface area contributed by atoms with Crippen molar-refractivity contribution in [3.05, 3.63) is 41.8 Å². The van der Waals surface area contributed by atoms with Crippen LogP contribution in [0.4, 0.5) is 9.39 Å². The Morgan fingerprint density at radius 2 is 2.05 bits per heavy atom. The zero-order valence-electron chi connectivity index (χ0n) is 10.7. The van der Waals surface area contributed by atoms with Crippen molar-refractivity contribution in [2.24, 2.45) is 0 Å². The quantitative estimate of drug-likeness (QED) is 0.888. The Labute approximate surface area is 120 Å². The van der Waals surface area contributed by atoms with E-state index in [2.05, 4.69) is 9.10 Å². The molecule has 2 rings (SSSR count). The van der Waals surface area contributed by atoms with Crippen molar-refractivity contribution >= 4 is 26.6 Å². The lowest BCUT2D eigenvalue weighted by Crippen LogP contribution is -2.20. The molecule has 0 amide bonds. The summed E-state index contributed by atoms with van der Waals surface area (Å²) in [5, 5.41) is 0.476. The summed E-state index contributed by atoms with van der Waals surface area (Å²) in [5.41, 5.74) is 0.760. The largest absolute Gasteiger partial charge is 0.492 e. The van der Waals surface area contributed by atoms with Crippen LogP contribution in [0.5, 0.6) is 5.75 Å². The molecule has 0 unspecified atom stereocenters. The fourth-order valence-electron chi connectivity index (χ4n) is 1.42. The number of aromatic nitrogens is 1. The van der Waals surface area contributed by atoms with Gasteiger partial charge in [0.15, 0.2) is 0 Å². The van der Waals surface area contributed by atoms with Gasteiger partial charge in [0.05, 0.1) is 5.69 Å². The van der Waals surface area contributed by atoms with Crippen molar-refractivity contribution in [1.29, 1.82) is 0 Å². The number of aryl methyl sites for hydroxylation is 1. The van der Waals surface area contributed by atoms with E-state index in [0.717, 1.165) is 17.2 Å². The van der Waals surface area contributed by atoms with Gasteiger partial charge >= 0.3 is 0 Å². The number of benzene rings is 1. The second-order valence-corrected chi connectivity index (χ2v) is 6.70. The first-order valence-electron chi connectivity index (χ1n) is 5.77. The fraction of sp³-hybridized carbons (Fsp3) is 0.250. The first kappa shape index (κ1) is 14.7. The molecule has 0 spiro atoms. The lowest BCUT2D eigenvalue weighted by Gasteiger charge is -2.07. The van der Waals surface area contributed by atoms with E-state index in [9.17, 15) is 12.8 Å². The maximum absolute atomic E-state index is 12.7. The zero-order chi connectivity index (χ0) is 14.6. The molecule has 5 nitrogen and oxygen atoms in total. The number of nitrogens with zero attached hydrogens (tertiary/aromatic N) is 1. The summed E-state index contributed by atoms with van der Waals surface area (Å²) in [4.78, 5) is 0. The molecule has 1 N–H and O–H groups in total. The van der Waals surface area contributed by atoms with Crippen LogP contribution >= 0.6 is 11.5 Å². The standard InChI is InChI=1S/C12H13FN2O3S2/c1-9-8-12(19-14-9)15-20(16,17)7-6-18-11-4-2-10(13)3-5-11/h2-5,8,15H,6-7H2,1H3. The third-order valence-corrected chi connectivity index (χ3v) is 4.48. The minimum absolute atomic E-state index is 0.0151. The van der Waals surface area contributed by atoms with Crippen LogP contribution in [-0.2, 0) is 10.0 Å². The summed E-state index contributed by atoms with van der Waals surface area (Å²) in [6.45, 7) is 1.77. The molecule has 0 fully saturated rings. The van der Waals surface area contributed by atoms with E-state index in [1.165, 1.54) is 24.3 Å². The highest BCUT2D eigenvalue weighted by atomic mass is 32.2. The molecular formula is C12H13FN2O3S2. The Morgan fingerprint density at radius 1 is 1.35 bits per heavy atom. The highest BCUT2D eigenvalue weighted by Crippen LogP contribution is 2.17. The van der Waals surface area contributed by atoms with Gasteiger partial charge in [-0.3, -0.25) is 4.72 Å². The van der Waals surface area contributed by atoms with Crippen LogP contribution < -0.4 is 9.46 Å². The predicted molar refractivity (Wildman–Crippen MR) is 76.2 cm³/mol. The van der Waals surface area contributed by atoms with E-state index in [-0.39, 0.29) is 18.2 Å². The van der Waals surface area contributed by atoms with Gasteiger partial charge in [-0.25, -0.2) is 12.8 Å². The van der Waals surface area contributed by atoms with E-state index in [0.29, 0.717) is 10.8 Å². The van der Waals surface area contributed by atoms with Crippen molar-refractivity contribution in [3.8, 4) is 5.75 Å². The molecule has 0 aliphatic heterocycles. The zero-order valence-corrected chi connectivity index (χ0v) is 12.3. The van der Waals surface area contributed by atoms with E-state index in [1.807, 2.05) is 0 Å². The Kier molecular flexibility index (Phi) is 4.56. The molecule has 0 atom stereocenters. The smallest absolute Gasteiger partial charge is 0.236 e. The lowest BCUT2D eigenvalue weighted by atomic mass is 10.3. The number of sulfonamides is 1. The number of rotatable bonds is 6. The molecule has 0 radical (unpaired) electrons. The molecule has 1 aromatic carbocycles. The Bertz CT molecular complexity index is 668. The highest BCUT2D eigenvalue weighted by Gasteiger charge is 2.12. The number of halogens is 1. The molecule has 108 valence electrons. The Morgan fingerprint density at radius 3 is 2.65 bits per heavy atom. The van der Waals surface area contributed by atoms with E-state index < -0.39 is 10.0 Å². The molecular weight excluding hydrogens is 303 g/mol. The second kappa shape index (κ2) is 6.19. The van der Waals surface area contributed by atoms with Gasteiger partial charge in [0.25, 0.3) is 0 Å². The van der Waals surface area contributed by atoms with E-state index >= 15 is 0 Å². The van der Waals surface area contributed by atoms with Crippen LogP contribution in [0.1, 0.15) is 5.69 Å². The van der Waals surface area contributed by atoms with Crippen molar-refractivity contribution in [2.45, 2.75) is 6.92 Å². The molecule has 0 bridgehead atoms. The maximum atomic E-state index is 12.7. The van der Waals surface area contributed by atoms with Gasteiger partial charge in [0.2, 0.25) is 10.0 Å². The van der Waals surface area contributed by atoms with Gasteiger partial charge in [-0.2, -0.15) is 4.37 Å². The first-order valence-corrected chi connectivity index (χ1v) is 8.19. The van der Waals surface area contributed by atoms with Crippen LogP contribution in [0.2, 0.25) is 0 Å². The van der Waals surface area contributed by atoms with E-state index in [4.69, 9.17) is 4.74 Å². The highest BCUT2D eigenvalue weighted by molar-refractivity contribution is 7.92. The van der Waals surface area contributed by atoms with Crippen LogP contribution in [0.25, 0.3) is 0 Å². The number of anilines is 1. The molecule has 0 aliphatic rings. The fourth-order valence-corrected chi connectivity index (χ4v) is 3.23. The number of hydrogen-bond acceptors (Lipinski definition) is 5. The van der Waals surface area contributed by atoms with Crippen molar-refractivity contribution in [1.82, 2.24) is 4.37 Å². The Balaban J connectivity index is 1.84. The summed E-state index contributed by atoms with van der Waals surface area (Å²) >= 11 is 1.09. The van der Waals surface area contributed by atoms with Crippen LogP contribution in [0, 0.1) is 12.7 Å². The monoisotopic (exact) mass is 316 g/mol. The minimum Gasteiger partial charge on any atom is -0.492 e. The molecule has 0 saturated heterocycles. The SMILES string of the molecule is Cc1cc(NS(=O)(=O)CCOc2ccc(F)cc2)sn1. The van der Waals surface area contributed by atoms with Gasteiger partial charge in [-0.05, 0) is 48.8 Å². The molecule has 8 heteroatoms. The third-order valence-electron chi connectivity index (χ3n) is 2.32.